The second kappa shape index (κ2) is 11.1. The summed E-state index contributed by atoms with van der Waals surface area (Å²) < 4.78 is 47.1. The highest BCUT2D eigenvalue weighted by Gasteiger charge is 2.39. The first-order valence-corrected chi connectivity index (χ1v) is 12.2. The van der Waals surface area contributed by atoms with Gasteiger partial charge in [0.15, 0.2) is 17.8 Å². The molecule has 0 saturated heterocycles. The van der Waals surface area contributed by atoms with E-state index in [0.717, 1.165) is 9.25 Å². The molecule has 212 valence electrons. The number of carbonyl (C=O) groups excluding carboxylic acids is 1. The number of alkyl halides is 3. The van der Waals surface area contributed by atoms with Gasteiger partial charge in [-0.3, -0.25) is 14.3 Å². The van der Waals surface area contributed by atoms with Gasteiger partial charge in [0.25, 0.3) is 0 Å². The van der Waals surface area contributed by atoms with Crippen molar-refractivity contribution in [3.05, 3.63) is 87.7 Å². The SMILES string of the molecule is Cc1nc(C(=O)Cc2ncccc2-n2cnc(Cn3nc(-c4ccc(Cl)cc4)n(C[C@H](O)C(F)(F)F)c3=O)n2)no1. The third-order valence-electron chi connectivity index (χ3n) is 5.81. The van der Waals surface area contributed by atoms with E-state index in [4.69, 9.17) is 16.1 Å². The van der Waals surface area contributed by atoms with Crippen LogP contribution in [0.15, 0.2) is 58.2 Å². The Kier molecular flexibility index (Phi) is 7.51. The lowest BCUT2D eigenvalue weighted by atomic mass is 10.1. The van der Waals surface area contributed by atoms with Crippen LogP contribution in [0.5, 0.6) is 0 Å². The van der Waals surface area contributed by atoms with Gasteiger partial charge >= 0.3 is 11.9 Å². The fourth-order valence-electron chi connectivity index (χ4n) is 3.84. The van der Waals surface area contributed by atoms with Gasteiger partial charge in [0.05, 0.1) is 24.3 Å². The van der Waals surface area contributed by atoms with Crippen LogP contribution in [-0.2, 0) is 19.5 Å². The smallest absolute Gasteiger partial charge is 0.382 e. The molecule has 0 spiro atoms. The molecule has 1 N–H and O–H groups in total. The standard InChI is InChI=1S/C24H19ClF3N9O4/c1-13-31-21(34-41-13)18(38)9-16-17(3-2-8-29-16)37-12-30-20(32-37)11-36-23(40)35(10-19(39)24(26,27)28)22(33-36)14-4-6-15(25)7-5-14/h2-8,12,19,39H,9-11H2,1H3/t19-/m0/s1. The van der Waals surface area contributed by atoms with E-state index in [1.807, 2.05) is 0 Å². The van der Waals surface area contributed by atoms with Gasteiger partial charge in [-0.25, -0.2) is 19.1 Å². The van der Waals surface area contributed by atoms with Crippen molar-refractivity contribution in [3.8, 4) is 17.1 Å². The maximum Gasteiger partial charge on any atom is 0.416 e. The van der Waals surface area contributed by atoms with Crippen molar-refractivity contribution in [3.63, 3.8) is 0 Å². The van der Waals surface area contributed by atoms with Crippen molar-refractivity contribution in [1.82, 2.24) is 44.2 Å². The van der Waals surface area contributed by atoms with Gasteiger partial charge in [-0.2, -0.15) is 18.2 Å². The summed E-state index contributed by atoms with van der Waals surface area (Å²) in [7, 11) is 0. The zero-order chi connectivity index (χ0) is 29.3. The number of aryl methyl sites for hydroxylation is 1. The molecule has 0 saturated carbocycles. The van der Waals surface area contributed by atoms with Gasteiger partial charge in [0.2, 0.25) is 17.5 Å². The lowest BCUT2D eigenvalue weighted by Crippen LogP contribution is -2.37. The van der Waals surface area contributed by atoms with Crippen LogP contribution in [0.1, 0.15) is 28.0 Å². The number of hydrogen-bond acceptors (Lipinski definition) is 10. The predicted octanol–water partition coefficient (Wildman–Crippen LogP) is 2.43. The monoisotopic (exact) mass is 589 g/mol. The van der Waals surface area contributed by atoms with Crippen LogP contribution in [0.3, 0.4) is 0 Å². The molecular formula is C24H19ClF3N9O4. The summed E-state index contributed by atoms with van der Waals surface area (Å²) in [6.45, 7) is 0.172. The molecule has 0 aliphatic heterocycles. The summed E-state index contributed by atoms with van der Waals surface area (Å²) in [5, 5.41) is 22.2. The van der Waals surface area contributed by atoms with Crippen molar-refractivity contribution < 1.29 is 27.6 Å². The van der Waals surface area contributed by atoms with Crippen molar-refractivity contribution >= 4 is 17.4 Å². The molecule has 0 aliphatic carbocycles. The Bertz CT molecular complexity index is 1760. The van der Waals surface area contributed by atoms with E-state index < -0.39 is 30.3 Å². The number of Topliss-reactive ketones (excluding diaryl/α,β-unsaturated/α-hetero) is 1. The van der Waals surface area contributed by atoms with Crippen molar-refractivity contribution in [2.75, 3.05) is 0 Å². The van der Waals surface area contributed by atoms with Gasteiger partial charge < -0.3 is 9.63 Å². The van der Waals surface area contributed by atoms with E-state index in [9.17, 15) is 27.9 Å². The van der Waals surface area contributed by atoms with E-state index in [1.165, 1.54) is 41.5 Å². The summed E-state index contributed by atoms with van der Waals surface area (Å²) in [5.41, 5.74) is 0.133. The van der Waals surface area contributed by atoms with E-state index in [0.29, 0.717) is 22.0 Å². The van der Waals surface area contributed by atoms with Gasteiger partial charge in [-0.15, -0.1) is 10.2 Å². The molecule has 0 amide bonds. The number of halogens is 4. The molecule has 4 aromatic heterocycles. The lowest BCUT2D eigenvalue weighted by molar-refractivity contribution is -0.207. The number of carbonyl (C=O) groups is 1. The average Bonchev–Trinajstić information content (AvgIpc) is 3.65. The highest BCUT2D eigenvalue weighted by Crippen LogP contribution is 2.24. The second-order valence-electron chi connectivity index (χ2n) is 8.75. The molecule has 4 heterocycles. The molecule has 5 rings (SSSR count). The number of pyridine rings is 1. The molecule has 0 bridgehead atoms. The first-order valence-electron chi connectivity index (χ1n) is 11.9. The third kappa shape index (κ3) is 6.07. The molecule has 0 aliphatic rings. The quantitative estimate of drug-likeness (QED) is 0.253. The summed E-state index contributed by atoms with van der Waals surface area (Å²) in [5.74, 6) is -0.319. The average molecular weight is 590 g/mol. The van der Waals surface area contributed by atoms with Crippen molar-refractivity contribution in [1.29, 1.82) is 0 Å². The van der Waals surface area contributed by atoms with E-state index in [2.05, 4.69) is 30.3 Å². The van der Waals surface area contributed by atoms with Crippen LogP contribution in [0.4, 0.5) is 13.2 Å². The number of nitrogens with zero attached hydrogens (tertiary/aromatic N) is 9. The summed E-state index contributed by atoms with van der Waals surface area (Å²) >= 11 is 5.92. The van der Waals surface area contributed by atoms with Gasteiger partial charge in [-0.05, 0) is 36.4 Å². The minimum atomic E-state index is -4.95. The highest BCUT2D eigenvalue weighted by molar-refractivity contribution is 6.30. The van der Waals surface area contributed by atoms with Crippen LogP contribution in [0.25, 0.3) is 17.1 Å². The Morgan fingerprint density at radius 1 is 1.15 bits per heavy atom. The van der Waals surface area contributed by atoms with E-state index in [1.54, 1.807) is 19.1 Å². The van der Waals surface area contributed by atoms with E-state index in [-0.39, 0.29) is 36.3 Å². The topological polar surface area (TPSA) is 160 Å². The Balaban J connectivity index is 1.44. The fourth-order valence-corrected chi connectivity index (χ4v) is 3.96. The Labute approximate surface area is 232 Å². The zero-order valence-electron chi connectivity index (χ0n) is 21.0. The molecule has 17 heteroatoms. The fraction of sp³-hybridized carbons (Fsp3) is 0.250. The molecule has 41 heavy (non-hydrogen) atoms. The number of rotatable bonds is 9. The van der Waals surface area contributed by atoms with Gasteiger partial charge in [0.1, 0.15) is 12.9 Å². The molecule has 0 radical (unpaired) electrons. The minimum Gasteiger partial charge on any atom is -0.382 e. The Hall–Kier alpha value is -4.70. The third-order valence-corrected chi connectivity index (χ3v) is 6.06. The molecule has 0 fully saturated rings. The van der Waals surface area contributed by atoms with Gasteiger partial charge in [-0.1, -0.05) is 16.8 Å². The molecule has 1 aromatic carbocycles. The molecule has 1 atom stereocenters. The summed E-state index contributed by atoms with van der Waals surface area (Å²) in [6, 6.07) is 9.22. The minimum absolute atomic E-state index is 0.0886. The molecule has 0 unspecified atom stereocenters. The normalized spacial score (nSPS) is 12.5. The zero-order valence-corrected chi connectivity index (χ0v) is 21.8. The van der Waals surface area contributed by atoms with Crippen LogP contribution < -0.4 is 5.69 Å². The Morgan fingerprint density at radius 3 is 2.59 bits per heavy atom. The highest BCUT2D eigenvalue weighted by atomic mass is 35.5. The van der Waals surface area contributed by atoms with Crippen LogP contribution in [0, 0.1) is 6.92 Å². The van der Waals surface area contributed by atoms with Crippen molar-refractivity contribution in [2.45, 2.75) is 38.7 Å². The summed E-state index contributed by atoms with van der Waals surface area (Å²) in [4.78, 5) is 38.0. The summed E-state index contributed by atoms with van der Waals surface area (Å²) in [6.07, 6.45) is -5.10. The maximum absolute atomic E-state index is 13.1. The number of aromatic nitrogens is 9. The predicted molar refractivity (Wildman–Crippen MR) is 134 cm³/mol. The molecule has 13 nitrogen and oxygen atoms in total. The number of hydrogen-bond donors (Lipinski definition) is 1. The first-order chi connectivity index (χ1) is 19.5. The largest absolute Gasteiger partial charge is 0.416 e. The maximum atomic E-state index is 13.1. The number of aliphatic hydroxyl groups is 1. The van der Waals surface area contributed by atoms with Crippen LogP contribution >= 0.6 is 11.6 Å². The van der Waals surface area contributed by atoms with Crippen LogP contribution in [0.2, 0.25) is 5.02 Å². The number of benzene rings is 1. The van der Waals surface area contributed by atoms with Crippen molar-refractivity contribution in [2.24, 2.45) is 0 Å². The van der Waals surface area contributed by atoms with Crippen LogP contribution in [-0.4, -0.2) is 67.4 Å². The van der Waals surface area contributed by atoms with E-state index >= 15 is 0 Å². The number of ketones is 1. The second-order valence-corrected chi connectivity index (χ2v) is 9.19. The number of aliphatic hydroxyl groups excluding tert-OH is 1. The first kappa shape index (κ1) is 27.9. The molecular weight excluding hydrogens is 571 g/mol. The molecule has 5 aromatic rings. The lowest BCUT2D eigenvalue weighted by Gasteiger charge is -2.15. The Morgan fingerprint density at radius 2 is 1.90 bits per heavy atom. The van der Waals surface area contributed by atoms with Gasteiger partial charge in [0, 0.05) is 23.7 Å².